The predicted octanol–water partition coefficient (Wildman–Crippen LogP) is 2.62. The summed E-state index contributed by atoms with van der Waals surface area (Å²) in [4.78, 5) is 24.9. The third-order valence-corrected chi connectivity index (χ3v) is 3.61. The maximum Gasteiger partial charge on any atom is 0.335 e. The van der Waals surface area contributed by atoms with Gasteiger partial charge in [0.15, 0.2) is 6.61 Å². The third kappa shape index (κ3) is 2.65. The molecule has 3 rings (SSSR count). The molecule has 0 spiro atoms. The van der Waals surface area contributed by atoms with Gasteiger partial charge in [0, 0.05) is 0 Å². The van der Waals surface area contributed by atoms with Crippen LogP contribution in [0.1, 0.15) is 21.5 Å². The molecule has 22 heavy (non-hydrogen) atoms. The largest absolute Gasteiger partial charge is 0.482 e. The summed E-state index contributed by atoms with van der Waals surface area (Å²) in [5.41, 5.74) is 2.75. The molecule has 2 aromatic carbocycles. The number of anilines is 1. The van der Waals surface area contributed by atoms with Gasteiger partial charge in [-0.3, -0.25) is 4.79 Å². The zero-order valence-electron chi connectivity index (χ0n) is 12.1. The molecule has 2 aromatic rings. The molecule has 0 aromatic heterocycles. The van der Waals surface area contributed by atoms with Gasteiger partial charge in [-0.25, -0.2) is 4.79 Å². The van der Waals surface area contributed by atoms with Gasteiger partial charge in [-0.1, -0.05) is 29.8 Å². The summed E-state index contributed by atoms with van der Waals surface area (Å²) in [5.74, 6) is -0.691. The smallest absolute Gasteiger partial charge is 0.335 e. The van der Waals surface area contributed by atoms with Gasteiger partial charge in [0.1, 0.15) is 5.75 Å². The van der Waals surface area contributed by atoms with Crippen molar-refractivity contribution in [2.24, 2.45) is 0 Å². The van der Waals surface area contributed by atoms with E-state index in [9.17, 15) is 9.59 Å². The van der Waals surface area contributed by atoms with Crippen molar-refractivity contribution in [3.8, 4) is 5.75 Å². The first-order chi connectivity index (χ1) is 10.5. The molecular weight excluding hydrogens is 282 g/mol. The van der Waals surface area contributed by atoms with Crippen molar-refractivity contribution in [3.05, 3.63) is 59.2 Å². The first-order valence-corrected chi connectivity index (χ1v) is 6.90. The standard InChI is InChI=1S/C17H15NO4/c1-11-2-4-12(5-3-11)9-18-14-8-13(17(20)21)6-7-15(14)22-10-16(18)19/h2-8H,9-10H2,1H3,(H,20,21). The van der Waals surface area contributed by atoms with Gasteiger partial charge in [-0.05, 0) is 30.7 Å². The van der Waals surface area contributed by atoms with E-state index in [-0.39, 0.29) is 18.1 Å². The van der Waals surface area contributed by atoms with Crippen LogP contribution in [-0.2, 0) is 11.3 Å². The molecule has 1 aliphatic heterocycles. The Labute approximate surface area is 127 Å². The fourth-order valence-corrected chi connectivity index (χ4v) is 2.38. The van der Waals surface area contributed by atoms with Crippen LogP contribution in [0.4, 0.5) is 5.69 Å². The molecule has 1 amide bonds. The maximum absolute atomic E-state index is 12.2. The van der Waals surface area contributed by atoms with Gasteiger partial charge in [0.2, 0.25) is 0 Å². The van der Waals surface area contributed by atoms with E-state index in [1.165, 1.54) is 12.1 Å². The number of carbonyl (C=O) groups is 2. The Morgan fingerprint density at radius 1 is 1.23 bits per heavy atom. The molecule has 0 unspecified atom stereocenters. The van der Waals surface area contributed by atoms with Gasteiger partial charge < -0.3 is 14.7 Å². The minimum Gasteiger partial charge on any atom is -0.482 e. The lowest BCUT2D eigenvalue weighted by atomic mass is 10.1. The van der Waals surface area contributed by atoms with E-state index in [0.29, 0.717) is 18.0 Å². The van der Waals surface area contributed by atoms with Crippen molar-refractivity contribution in [1.82, 2.24) is 0 Å². The van der Waals surface area contributed by atoms with E-state index in [1.807, 2.05) is 31.2 Å². The number of nitrogens with zero attached hydrogens (tertiary/aromatic N) is 1. The molecule has 0 aliphatic carbocycles. The summed E-state index contributed by atoms with van der Waals surface area (Å²) in [6.07, 6.45) is 0. The monoisotopic (exact) mass is 297 g/mol. The Morgan fingerprint density at radius 2 is 1.95 bits per heavy atom. The van der Waals surface area contributed by atoms with Crippen molar-refractivity contribution < 1.29 is 19.4 Å². The van der Waals surface area contributed by atoms with Gasteiger partial charge >= 0.3 is 5.97 Å². The highest BCUT2D eigenvalue weighted by Crippen LogP contribution is 2.34. The van der Waals surface area contributed by atoms with Crippen LogP contribution >= 0.6 is 0 Å². The highest BCUT2D eigenvalue weighted by atomic mass is 16.5. The Kier molecular flexibility index (Phi) is 3.55. The maximum atomic E-state index is 12.2. The molecule has 112 valence electrons. The molecule has 0 saturated carbocycles. The number of carbonyl (C=O) groups excluding carboxylic acids is 1. The molecule has 1 N–H and O–H groups in total. The number of carboxylic acids is 1. The number of ether oxygens (including phenoxy) is 1. The second-order valence-corrected chi connectivity index (χ2v) is 5.24. The average molecular weight is 297 g/mol. The Hall–Kier alpha value is -2.82. The van der Waals surface area contributed by atoms with E-state index in [2.05, 4.69) is 0 Å². The average Bonchev–Trinajstić information content (AvgIpc) is 2.51. The molecule has 0 atom stereocenters. The predicted molar refractivity (Wildman–Crippen MR) is 81.3 cm³/mol. The van der Waals surface area contributed by atoms with Crippen LogP contribution in [0, 0.1) is 6.92 Å². The molecule has 1 heterocycles. The van der Waals surface area contributed by atoms with Gasteiger partial charge in [0.25, 0.3) is 5.91 Å². The lowest BCUT2D eigenvalue weighted by Crippen LogP contribution is -2.38. The van der Waals surface area contributed by atoms with E-state index < -0.39 is 5.97 Å². The SMILES string of the molecule is Cc1ccc(CN2C(=O)COc3ccc(C(=O)O)cc32)cc1. The second kappa shape index (κ2) is 5.52. The molecule has 0 radical (unpaired) electrons. The minimum atomic E-state index is -1.03. The molecular formula is C17H15NO4. The third-order valence-electron chi connectivity index (χ3n) is 3.61. The van der Waals surface area contributed by atoms with Crippen molar-refractivity contribution in [3.63, 3.8) is 0 Å². The highest BCUT2D eigenvalue weighted by molar-refractivity contribution is 5.99. The number of benzene rings is 2. The van der Waals surface area contributed by atoms with Crippen LogP contribution in [0.3, 0.4) is 0 Å². The summed E-state index contributed by atoms with van der Waals surface area (Å²) < 4.78 is 5.37. The van der Waals surface area contributed by atoms with Crippen LogP contribution in [0.25, 0.3) is 0 Å². The molecule has 0 bridgehead atoms. The van der Waals surface area contributed by atoms with Gasteiger partial charge in [-0.2, -0.15) is 0 Å². The topological polar surface area (TPSA) is 66.8 Å². The summed E-state index contributed by atoms with van der Waals surface area (Å²) in [5, 5.41) is 9.11. The van der Waals surface area contributed by atoms with Crippen molar-refractivity contribution in [2.75, 3.05) is 11.5 Å². The number of fused-ring (bicyclic) bond motifs is 1. The molecule has 5 heteroatoms. The summed E-state index contributed by atoms with van der Waals surface area (Å²) in [7, 11) is 0. The first-order valence-electron chi connectivity index (χ1n) is 6.90. The van der Waals surface area contributed by atoms with E-state index in [4.69, 9.17) is 9.84 Å². The number of carboxylic acid groups (broad SMARTS) is 1. The van der Waals surface area contributed by atoms with Crippen LogP contribution < -0.4 is 9.64 Å². The minimum absolute atomic E-state index is 0.0364. The molecule has 0 saturated heterocycles. The fraction of sp³-hybridized carbons (Fsp3) is 0.176. The van der Waals surface area contributed by atoms with E-state index in [1.54, 1.807) is 11.0 Å². The number of aryl methyl sites for hydroxylation is 1. The Morgan fingerprint density at radius 3 is 2.64 bits per heavy atom. The first kappa shape index (κ1) is 14.1. The lowest BCUT2D eigenvalue weighted by Gasteiger charge is -2.29. The second-order valence-electron chi connectivity index (χ2n) is 5.24. The Balaban J connectivity index is 1.97. The quantitative estimate of drug-likeness (QED) is 0.945. The molecule has 5 nitrogen and oxygen atoms in total. The zero-order chi connectivity index (χ0) is 15.7. The normalized spacial score (nSPS) is 13.5. The van der Waals surface area contributed by atoms with Crippen molar-refractivity contribution >= 4 is 17.6 Å². The number of hydrogen-bond donors (Lipinski definition) is 1. The number of amides is 1. The van der Waals surface area contributed by atoms with Gasteiger partial charge in [-0.15, -0.1) is 0 Å². The van der Waals surface area contributed by atoms with Gasteiger partial charge in [0.05, 0.1) is 17.8 Å². The van der Waals surface area contributed by atoms with Crippen LogP contribution in [0.5, 0.6) is 5.75 Å². The van der Waals surface area contributed by atoms with E-state index in [0.717, 1.165) is 11.1 Å². The number of rotatable bonds is 3. The summed E-state index contributed by atoms with van der Waals surface area (Å²) >= 11 is 0. The van der Waals surface area contributed by atoms with Crippen LogP contribution in [0.2, 0.25) is 0 Å². The lowest BCUT2D eigenvalue weighted by molar-refractivity contribution is -0.121. The summed E-state index contributed by atoms with van der Waals surface area (Å²) in [6, 6.07) is 12.4. The fourth-order valence-electron chi connectivity index (χ4n) is 2.38. The number of hydrogen-bond acceptors (Lipinski definition) is 3. The van der Waals surface area contributed by atoms with E-state index >= 15 is 0 Å². The molecule has 0 fully saturated rings. The molecule has 1 aliphatic rings. The summed E-state index contributed by atoms with van der Waals surface area (Å²) in [6.45, 7) is 2.35. The van der Waals surface area contributed by atoms with Crippen molar-refractivity contribution in [1.29, 1.82) is 0 Å². The number of aromatic carboxylic acids is 1. The van der Waals surface area contributed by atoms with Crippen molar-refractivity contribution in [2.45, 2.75) is 13.5 Å². The zero-order valence-corrected chi connectivity index (χ0v) is 12.1. The highest BCUT2D eigenvalue weighted by Gasteiger charge is 2.26. The van der Waals surface area contributed by atoms with Crippen LogP contribution in [-0.4, -0.2) is 23.6 Å². The van der Waals surface area contributed by atoms with Crippen LogP contribution in [0.15, 0.2) is 42.5 Å². The Bertz CT molecular complexity index is 737.